The molecule has 2 N–H and O–H groups in total. The van der Waals surface area contributed by atoms with Gasteiger partial charge in [-0.1, -0.05) is 6.07 Å². The van der Waals surface area contributed by atoms with E-state index in [0.717, 1.165) is 18.2 Å². The molecule has 0 aliphatic heterocycles. The maximum Gasteiger partial charge on any atom is 0.471 e. The van der Waals surface area contributed by atoms with E-state index in [1.807, 2.05) is 0 Å². The van der Waals surface area contributed by atoms with Crippen molar-refractivity contribution in [3.63, 3.8) is 0 Å². The number of carbonyl (C=O) groups is 1. The molecule has 0 spiro atoms. The van der Waals surface area contributed by atoms with Crippen LogP contribution in [0.15, 0.2) is 52.3 Å². The van der Waals surface area contributed by atoms with E-state index < -0.39 is 33.6 Å². The van der Waals surface area contributed by atoms with E-state index in [2.05, 4.69) is 10.2 Å². The number of amides is 1. The lowest BCUT2D eigenvalue weighted by atomic mass is 10.2. The van der Waals surface area contributed by atoms with E-state index in [0.29, 0.717) is 0 Å². The molecule has 0 fully saturated rings. The molecule has 0 aliphatic carbocycles. The number of hydrogen-bond donors (Lipinski definition) is 2. The molecule has 0 radical (unpaired) electrons. The van der Waals surface area contributed by atoms with E-state index in [-0.39, 0.29) is 20.7 Å². The molecule has 1 amide bonds. The summed E-state index contributed by atoms with van der Waals surface area (Å²) in [4.78, 5) is 10.5. The fourth-order valence-electron chi connectivity index (χ4n) is 2.20. The molecule has 3 rings (SSSR count). The predicted molar refractivity (Wildman–Crippen MR) is 82.6 cm³/mol. The second-order valence-corrected chi connectivity index (χ2v) is 7.14. The Kier molecular flexibility index (Phi) is 4.18. The first-order chi connectivity index (χ1) is 12.1. The minimum Gasteiger partial charge on any atom is -0.301 e. The van der Waals surface area contributed by atoms with Gasteiger partial charge in [-0.15, -0.1) is 0 Å². The monoisotopic (exact) mass is 387 g/mol. The highest BCUT2D eigenvalue weighted by molar-refractivity contribution is 7.91. The number of H-pyrrole nitrogens is 1. The third-order valence-corrected chi connectivity index (χ3v) is 5.19. The zero-order chi connectivity index (χ0) is 19.1. The van der Waals surface area contributed by atoms with Crippen molar-refractivity contribution in [3.8, 4) is 0 Å². The van der Waals surface area contributed by atoms with Gasteiger partial charge in [-0.05, 0) is 36.4 Å². The fourth-order valence-corrected chi connectivity index (χ4v) is 3.52. The van der Waals surface area contributed by atoms with Gasteiger partial charge in [-0.25, -0.2) is 12.8 Å². The average molecular weight is 387 g/mol. The van der Waals surface area contributed by atoms with Crippen LogP contribution in [0.3, 0.4) is 0 Å². The van der Waals surface area contributed by atoms with Crippen LogP contribution in [-0.4, -0.2) is 30.7 Å². The highest BCUT2D eigenvalue weighted by atomic mass is 32.2. The molecule has 0 bridgehead atoms. The van der Waals surface area contributed by atoms with Gasteiger partial charge in [0.05, 0.1) is 15.3 Å². The molecule has 0 saturated heterocycles. The second-order valence-electron chi connectivity index (χ2n) is 5.19. The topological polar surface area (TPSA) is 91.9 Å². The first-order valence-electron chi connectivity index (χ1n) is 6.96. The Morgan fingerprint density at radius 2 is 1.77 bits per heavy atom. The maximum atomic E-state index is 13.3. The number of aromatic amines is 1. The SMILES string of the molecule is O=C(Nc1n[nH]c2ccc(S(=O)(=O)c3cccc(F)c3)cc12)C(F)(F)F. The number of carbonyl (C=O) groups excluding carboxylic acids is 1. The second kappa shape index (κ2) is 6.09. The molecule has 26 heavy (non-hydrogen) atoms. The summed E-state index contributed by atoms with van der Waals surface area (Å²) in [5.74, 6) is -3.48. The number of alkyl halides is 3. The number of anilines is 1. The molecule has 11 heteroatoms. The summed E-state index contributed by atoms with van der Waals surface area (Å²) in [6.45, 7) is 0. The normalized spacial score (nSPS) is 12.3. The Bertz CT molecular complexity index is 1110. The molecule has 0 aliphatic rings. The van der Waals surface area contributed by atoms with Gasteiger partial charge in [-0.2, -0.15) is 18.3 Å². The standard InChI is InChI=1S/C15H9F4N3O3S/c16-8-2-1-3-9(6-8)26(24,25)10-4-5-12-11(7-10)13(22-21-12)20-14(23)15(17,18)19/h1-7H,(H2,20,21,22,23). The van der Waals surface area contributed by atoms with E-state index in [9.17, 15) is 30.8 Å². The Morgan fingerprint density at radius 1 is 1.08 bits per heavy atom. The molecule has 1 heterocycles. The van der Waals surface area contributed by atoms with Gasteiger partial charge in [0.2, 0.25) is 9.84 Å². The summed E-state index contributed by atoms with van der Waals surface area (Å²) in [7, 11) is -4.12. The van der Waals surface area contributed by atoms with Crippen molar-refractivity contribution in [2.45, 2.75) is 16.0 Å². The van der Waals surface area contributed by atoms with Crippen LogP contribution in [0.25, 0.3) is 10.9 Å². The Balaban J connectivity index is 2.06. The summed E-state index contributed by atoms with van der Waals surface area (Å²) in [6.07, 6.45) is -5.13. The van der Waals surface area contributed by atoms with E-state index >= 15 is 0 Å². The largest absolute Gasteiger partial charge is 0.471 e. The molecule has 2 aromatic carbocycles. The Hall–Kier alpha value is -2.95. The first-order valence-corrected chi connectivity index (χ1v) is 8.44. The minimum atomic E-state index is -5.13. The first kappa shape index (κ1) is 17.9. The fraction of sp³-hybridized carbons (Fsp3) is 0.0667. The summed E-state index contributed by atoms with van der Waals surface area (Å²) in [6, 6.07) is 7.81. The third kappa shape index (κ3) is 3.25. The maximum absolute atomic E-state index is 13.3. The Morgan fingerprint density at radius 3 is 2.42 bits per heavy atom. The number of aromatic nitrogens is 2. The van der Waals surface area contributed by atoms with Crippen molar-refractivity contribution in [1.82, 2.24) is 10.2 Å². The number of benzene rings is 2. The zero-order valence-electron chi connectivity index (χ0n) is 12.6. The lowest BCUT2D eigenvalue weighted by Gasteiger charge is -2.07. The smallest absolute Gasteiger partial charge is 0.301 e. The zero-order valence-corrected chi connectivity index (χ0v) is 13.5. The van der Waals surface area contributed by atoms with Crippen LogP contribution in [0.5, 0.6) is 0 Å². The number of rotatable bonds is 3. The summed E-state index contributed by atoms with van der Waals surface area (Å²) in [5.41, 5.74) is 0.209. The van der Waals surface area contributed by atoms with E-state index in [4.69, 9.17) is 0 Å². The molecular weight excluding hydrogens is 378 g/mol. The third-order valence-electron chi connectivity index (χ3n) is 3.44. The summed E-state index contributed by atoms with van der Waals surface area (Å²) >= 11 is 0. The van der Waals surface area contributed by atoms with Crippen LogP contribution in [0, 0.1) is 5.82 Å². The number of halogens is 4. The number of fused-ring (bicyclic) bond motifs is 1. The van der Waals surface area contributed by atoms with Crippen molar-refractivity contribution >= 4 is 32.5 Å². The number of nitrogens with one attached hydrogen (secondary N) is 2. The number of hydrogen-bond acceptors (Lipinski definition) is 4. The van der Waals surface area contributed by atoms with Gasteiger partial charge in [-0.3, -0.25) is 9.89 Å². The molecule has 0 atom stereocenters. The van der Waals surface area contributed by atoms with Gasteiger partial charge < -0.3 is 5.32 Å². The quantitative estimate of drug-likeness (QED) is 0.676. The van der Waals surface area contributed by atoms with Gasteiger partial charge in [0, 0.05) is 5.39 Å². The van der Waals surface area contributed by atoms with E-state index in [1.54, 1.807) is 5.32 Å². The van der Waals surface area contributed by atoms with Gasteiger partial charge in [0.1, 0.15) is 5.82 Å². The minimum absolute atomic E-state index is 0.0416. The van der Waals surface area contributed by atoms with Crippen LogP contribution in [0.4, 0.5) is 23.4 Å². The van der Waals surface area contributed by atoms with Gasteiger partial charge >= 0.3 is 12.1 Å². The van der Waals surface area contributed by atoms with Crippen molar-refractivity contribution in [2.75, 3.05) is 5.32 Å². The molecule has 3 aromatic rings. The van der Waals surface area contributed by atoms with Crippen LogP contribution in [0.1, 0.15) is 0 Å². The summed E-state index contributed by atoms with van der Waals surface area (Å²) in [5, 5.41) is 7.46. The highest BCUT2D eigenvalue weighted by Gasteiger charge is 2.39. The van der Waals surface area contributed by atoms with Crippen LogP contribution >= 0.6 is 0 Å². The highest BCUT2D eigenvalue weighted by Crippen LogP contribution is 2.28. The van der Waals surface area contributed by atoms with Crippen LogP contribution < -0.4 is 5.32 Å². The molecular formula is C15H9F4N3O3S. The number of sulfone groups is 1. The van der Waals surface area contributed by atoms with Crippen molar-refractivity contribution in [3.05, 3.63) is 48.3 Å². The van der Waals surface area contributed by atoms with Crippen molar-refractivity contribution in [1.29, 1.82) is 0 Å². The molecule has 136 valence electrons. The van der Waals surface area contributed by atoms with Gasteiger partial charge in [0.15, 0.2) is 5.82 Å². The van der Waals surface area contributed by atoms with Crippen LogP contribution in [-0.2, 0) is 14.6 Å². The predicted octanol–water partition coefficient (Wildman–Crippen LogP) is 3.04. The molecule has 0 unspecified atom stereocenters. The van der Waals surface area contributed by atoms with Crippen molar-refractivity contribution < 1.29 is 30.8 Å². The Labute approximate surface area is 143 Å². The average Bonchev–Trinajstić information content (AvgIpc) is 2.96. The van der Waals surface area contributed by atoms with Gasteiger partial charge in [0.25, 0.3) is 0 Å². The van der Waals surface area contributed by atoms with E-state index in [1.165, 1.54) is 24.3 Å². The summed E-state index contributed by atoms with van der Waals surface area (Å²) < 4.78 is 75.6. The van der Waals surface area contributed by atoms with Crippen molar-refractivity contribution in [2.24, 2.45) is 0 Å². The lowest BCUT2D eigenvalue weighted by molar-refractivity contribution is -0.167. The number of nitrogens with zero attached hydrogens (tertiary/aromatic N) is 1. The molecule has 0 saturated carbocycles. The molecule has 6 nitrogen and oxygen atoms in total. The lowest BCUT2D eigenvalue weighted by Crippen LogP contribution is -2.30. The van der Waals surface area contributed by atoms with Crippen LogP contribution in [0.2, 0.25) is 0 Å². The molecule has 1 aromatic heterocycles.